The van der Waals surface area contributed by atoms with Crippen LogP contribution in [-0.4, -0.2) is 58.4 Å². The van der Waals surface area contributed by atoms with Gasteiger partial charge >= 0.3 is 7.60 Å². The van der Waals surface area contributed by atoms with Crippen molar-refractivity contribution in [2.45, 2.75) is 19.3 Å². The van der Waals surface area contributed by atoms with Crippen LogP contribution < -0.4 is 14.4 Å². The first kappa shape index (κ1) is 18.8. The molecule has 0 saturated carbocycles. The zero-order chi connectivity index (χ0) is 18.7. The van der Waals surface area contributed by atoms with E-state index in [1.807, 2.05) is 0 Å². The smallest absolute Gasteiger partial charge is 0.325 e. The molecule has 0 aromatic carbocycles. The highest BCUT2D eigenvalue weighted by Gasteiger charge is 2.26. The molecule has 10 heteroatoms. The molecule has 2 aromatic rings. The van der Waals surface area contributed by atoms with E-state index in [2.05, 4.69) is 20.1 Å². The molecule has 1 aliphatic rings. The zero-order valence-corrected chi connectivity index (χ0v) is 15.7. The van der Waals surface area contributed by atoms with Gasteiger partial charge in [0.05, 0.1) is 32.0 Å². The lowest BCUT2D eigenvalue weighted by Gasteiger charge is -2.33. The third kappa shape index (κ3) is 4.23. The minimum atomic E-state index is -3.93. The van der Waals surface area contributed by atoms with Crippen molar-refractivity contribution in [1.82, 2.24) is 15.2 Å². The van der Waals surface area contributed by atoms with Crippen molar-refractivity contribution >= 4 is 24.2 Å². The lowest BCUT2D eigenvalue weighted by molar-refractivity contribution is 0.349. The summed E-state index contributed by atoms with van der Waals surface area (Å²) < 4.78 is 21.8. The fourth-order valence-corrected chi connectivity index (χ4v) is 4.00. The number of hydrogen-bond acceptors (Lipinski definition) is 7. The van der Waals surface area contributed by atoms with Gasteiger partial charge in [-0.15, -0.1) is 5.10 Å². The van der Waals surface area contributed by atoms with E-state index in [1.54, 1.807) is 26.5 Å². The van der Waals surface area contributed by atoms with Crippen molar-refractivity contribution in [3.63, 3.8) is 0 Å². The average molecular weight is 382 g/mol. The second-order valence-electron chi connectivity index (χ2n) is 6.41. The Morgan fingerprint density at radius 1 is 1.27 bits per heavy atom. The van der Waals surface area contributed by atoms with Gasteiger partial charge in [-0.2, -0.15) is 10.1 Å². The number of piperidine rings is 1. The van der Waals surface area contributed by atoms with Crippen LogP contribution in [-0.2, 0) is 4.57 Å². The highest BCUT2D eigenvalue weighted by molar-refractivity contribution is 7.51. The van der Waals surface area contributed by atoms with E-state index in [1.165, 1.54) is 0 Å². The van der Waals surface area contributed by atoms with Crippen LogP contribution in [0.5, 0.6) is 11.8 Å². The van der Waals surface area contributed by atoms with E-state index in [0.29, 0.717) is 24.1 Å². The second-order valence-corrected chi connectivity index (χ2v) is 8.19. The molecule has 9 nitrogen and oxygen atoms in total. The van der Waals surface area contributed by atoms with E-state index >= 15 is 0 Å². The SMILES string of the molecule is COc1cc2cnnc(OC)c2c(N2CCC(CCP(=O)(O)O)CC2)n1. The number of pyridine rings is 1. The van der Waals surface area contributed by atoms with Crippen molar-refractivity contribution in [3.8, 4) is 11.8 Å². The molecule has 0 amide bonds. The highest BCUT2D eigenvalue weighted by Crippen LogP contribution is 2.39. The van der Waals surface area contributed by atoms with Gasteiger partial charge in [-0.1, -0.05) is 0 Å². The summed E-state index contributed by atoms with van der Waals surface area (Å²) in [6, 6.07) is 1.79. The van der Waals surface area contributed by atoms with Crippen LogP contribution in [0.2, 0.25) is 0 Å². The molecule has 0 spiro atoms. The molecule has 0 atom stereocenters. The molecular formula is C16H23N4O5P. The van der Waals surface area contributed by atoms with Crippen molar-refractivity contribution in [2.75, 3.05) is 38.4 Å². The van der Waals surface area contributed by atoms with E-state index in [9.17, 15) is 4.57 Å². The predicted octanol–water partition coefficient (Wildman–Crippen LogP) is 1.83. The van der Waals surface area contributed by atoms with E-state index in [-0.39, 0.29) is 6.16 Å². The molecule has 0 unspecified atom stereocenters. The maximum absolute atomic E-state index is 11.1. The average Bonchev–Trinajstić information content (AvgIpc) is 2.64. The number of rotatable bonds is 6. The van der Waals surface area contributed by atoms with Crippen molar-refractivity contribution in [2.24, 2.45) is 5.92 Å². The largest absolute Gasteiger partial charge is 0.481 e. The minimum absolute atomic E-state index is 0.0541. The summed E-state index contributed by atoms with van der Waals surface area (Å²) in [7, 11) is -0.819. The Labute approximate surface area is 151 Å². The lowest BCUT2D eigenvalue weighted by Crippen LogP contribution is -2.34. The number of nitrogens with zero attached hydrogens (tertiary/aromatic N) is 4. The monoisotopic (exact) mass is 382 g/mol. The van der Waals surface area contributed by atoms with Crippen LogP contribution in [0.15, 0.2) is 12.3 Å². The Morgan fingerprint density at radius 2 is 2.00 bits per heavy atom. The van der Waals surface area contributed by atoms with Crippen LogP contribution in [0.1, 0.15) is 19.3 Å². The fraction of sp³-hybridized carbons (Fsp3) is 0.562. The van der Waals surface area contributed by atoms with Crippen molar-refractivity contribution in [1.29, 1.82) is 0 Å². The first-order valence-corrected chi connectivity index (χ1v) is 10.2. The summed E-state index contributed by atoms with van der Waals surface area (Å²) in [5, 5.41) is 9.62. The summed E-state index contributed by atoms with van der Waals surface area (Å²) in [6.45, 7) is 1.49. The molecule has 2 N–H and O–H groups in total. The maximum Gasteiger partial charge on any atom is 0.325 e. The molecular weight excluding hydrogens is 359 g/mol. The Hall–Kier alpha value is -1.96. The number of fused-ring (bicyclic) bond motifs is 1. The van der Waals surface area contributed by atoms with E-state index in [4.69, 9.17) is 19.3 Å². The third-order valence-corrected chi connectivity index (χ3v) is 5.55. The quantitative estimate of drug-likeness (QED) is 0.721. The minimum Gasteiger partial charge on any atom is -0.481 e. The molecule has 0 aliphatic carbocycles. The molecule has 3 rings (SSSR count). The van der Waals surface area contributed by atoms with Gasteiger partial charge in [0.25, 0.3) is 0 Å². The number of anilines is 1. The summed E-state index contributed by atoms with van der Waals surface area (Å²) in [5.41, 5.74) is 0. The van der Waals surface area contributed by atoms with Gasteiger partial charge < -0.3 is 24.2 Å². The normalized spacial score (nSPS) is 16.1. The molecule has 142 valence electrons. The maximum atomic E-state index is 11.1. The molecule has 1 saturated heterocycles. The van der Waals surface area contributed by atoms with Gasteiger partial charge in [0.2, 0.25) is 11.8 Å². The molecule has 1 fully saturated rings. The Kier molecular flexibility index (Phi) is 5.60. The molecule has 0 bridgehead atoms. The van der Waals surface area contributed by atoms with Crippen LogP contribution >= 0.6 is 7.60 Å². The number of ether oxygens (including phenoxy) is 2. The van der Waals surface area contributed by atoms with Crippen LogP contribution in [0.25, 0.3) is 10.8 Å². The number of aromatic nitrogens is 3. The van der Waals surface area contributed by atoms with E-state index in [0.717, 1.165) is 42.5 Å². The van der Waals surface area contributed by atoms with Crippen molar-refractivity contribution in [3.05, 3.63) is 12.3 Å². The highest BCUT2D eigenvalue weighted by atomic mass is 31.2. The topological polar surface area (TPSA) is 118 Å². The third-order valence-electron chi connectivity index (χ3n) is 4.71. The summed E-state index contributed by atoms with van der Waals surface area (Å²) in [5.74, 6) is 1.94. The van der Waals surface area contributed by atoms with E-state index < -0.39 is 7.60 Å². The Bertz CT molecular complexity index is 820. The zero-order valence-electron chi connectivity index (χ0n) is 14.8. The number of hydrogen-bond donors (Lipinski definition) is 2. The summed E-state index contributed by atoms with van der Waals surface area (Å²) >= 11 is 0. The molecule has 2 aromatic heterocycles. The van der Waals surface area contributed by atoms with Crippen LogP contribution in [0.4, 0.5) is 5.82 Å². The first-order chi connectivity index (χ1) is 12.4. The van der Waals surface area contributed by atoms with Gasteiger partial charge in [0.15, 0.2) is 0 Å². The summed E-state index contributed by atoms with van der Waals surface area (Å²) in [6.07, 6.45) is 3.83. The van der Waals surface area contributed by atoms with Gasteiger partial charge in [0, 0.05) is 24.5 Å². The fourth-order valence-electron chi connectivity index (χ4n) is 3.30. The van der Waals surface area contributed by atoms with Crippen LogP contribution in [0.3, 0.4) is 0 Å². The molecule has 3 heterocycles. The van der Waals surface area contributed by atoms with Crippen molar-refractivity contribution < 1.29 is 23.8 Å². The molecule has 26 heavy (non-hydrogen) atoms. The first-order valence-electron chi connectivity index (χ1n) is 8.45. The molecule has 1 aliphatic heterocycles. The summed E-state index contributed by atoms with van der Waals surface area (Å²) in [4.78, 5) is 24.9. The standard InChI is InChI=1S/C16H23N4O5P/c1-24-13-9-12-10-17-19-16(25-2)14(12)15(18-13)20-6-3-11(4-7-20)5-8-26(21,22)23/h9-11H,3-8H2,1-2H3,(H2,21,22,23). The number of methoxy groups -OCH3 is 2. The Balaban J connectivity index is 1.83. The van der Waals surface area contributed by atoms with Gasteiger partial charge in [0.1, 0.15) is 5.82 Å². The Morgan fingerprint density at radius 3 is 2.62 bits per heavy atom. The van der Waals surface area contributed by atoms with Gasteiger partial charge in [-0.05, 0) is 25.2 Å². The van der Waals surface area contributed by atoms with Gasteiger partial charge in [-0.25, -0.2) is 0 Å². The molecule has 0 radical (unpaired) electrons. The van der Waals surface area contributed by atoms with Crippen LogP contribution in [0, 0.1) is 5.92 Å². The second kappa shape index (κ2) is 7.73. The lowest BCUT2D eigenvalue weighted by atomic mass is 9.94. The van der Waals surface area contributed by atoms with Gasteiger partial charge in [-0.3, -0.25) is 4.57 Å². The predicted molar refractivity (Wildman–Crippen MR) is 96.9 cm³/mol.